The van der Waals surface area contributed by atoms with Crippen LogP contribution in [0.5, 0.6) is 0 Å². The largest absolute Gasteiger partial charge is 0.311 e. The lowest BCUT2D eigenvalue weighted by atomic mass is 9.89. The molecule has 2 atom stereocenters. The van der Waals surface area contributed by atoms with Crippen molar-refractivity contribution in [2.75, 3.05) is 18.0 Å². The van der Waals surface area contributed by atoms with Crippen LogP contribution in [0, 0.1) is 5.92 Å². The van der Waals surface area contributed by atoms with E-state index in [9.17, 15) is 4.79 Å². The maximum Gasteiger partial charge on any atom is 0.244 e. The first kappa shape index (κ1) is 14.6. The smallest absolute Gasteiger partial charge is 0.244 e. The minimum atomic E-state index is 0.00913. The van der Waals surface area contributed by atoms with E-state index in [0.717, 1.165) is 38.0 Å². The van der Waals surface area contributed by atoms with Crippen molar-refractivity contribution < 1.29 is 4.79 Å². The molecule has 3 rings (SSSR count). The Bertz CT molecular complexity index is 500. The lowest BCUT2D eigenvalue weighted by Gasteiger charge is -2.33. The van der Waals surface area contributed by atoms with Gasteiger partial charge in [0.25, 0.3) is 0 Å². The number of benzene rings is 1. The highest BCUT2D eigenvalue weighted by atomic mass is 16.2. The zero-order chi connectivity index (χ0) is 14.7. The van der Waals surface area contributed by atoms with Gasteiger partial charge in [0.15, 0.2) is 0 Å². The lowest BCUT2D eigenvalue weighted by molar-refractivity contribution is -0.121. The first-order valence-electron chi connectivity index (χ1n) is 8.42. The van der Waals surface area contributed by atoms with Gasteiger partial charge >= 0.3 is 0 Å². The van der Waals surface area contributed by atoms with Gasteiger partial charge in [-0.25, -0.2) is 0 Å². The van der Waals surface area contributed by atoms with Crippen molar-refractivity contribution >= 4 is 11.6 Å². The highest BCUT2D eigenvalue weighted by molar-refractivity contribution is 5.98. The molecule has 2 unspecified atom stereocenters. The maximum absolute atomic E-state index is 13.0. The lowest BCUT2D eigenvalue weighted by Crippen LogP contribution is -2.50. The Morgan fingerprint density at radius 1 is 1.33 bits per heavy atom. The summed E-state index contributed by atoms with van der Waals surface area (Å²) in [5, 5.41) is 3.44. The van der Waals surface area contributed by atoms with E-state index in [1.54, 1.807) is 0 Å². The maximum atomic E-state index is 13.0. The van der Waals surface area contributed by atoms with E-state index in [1.165, 1.54) is 24.8 Å². The van der Waals surface area contributed by atoms with Crippen LogP contribution in [0.15, 0.2) is 24.3 Å². The second-order valence-electron chi connectivity index (χ2n) is 6.38. The number of amides is 1. The summed E-state index contributed by atoms with van der Waals surface area (Å²) in [6, 6.07) is 8.42. The van der Waals surface area contributed by atoms with E-state index in [-0.39, 0.29) is 11.9 Å². The van der Waals surface area contributed by atoms with E-state index in [0.29, 0.717) is 5.92 Å². The van der Waals surface area contributed by atoms with Gasteiger partial charge in [0, 0.05) is 12.2 Å². The Morgan fingerprint density at radius 3 is 3.05 bits per heavy atom. The Kier molecular flexibility index (Phi) is 4.59. The molecular weight excluding hydrogens is 260 g/mol. The van der Waals surface area contributed by atoms with Gasteiger partial charge in [0.2, 0.25) is 5.91 Å². The topological polar surface area (TPSA) is 32.3 Å². The molecular formula is C18H26N2O. The Balaban J connectivity index is 1.80. The van der Waals surface area contributed by atoms with E-state index in [2.05, 4.69) is 30.4 Å². The Morgan fingerprint density at radius 2 is 2.19 bits per heavy atom. The number of nitrogens with one attached hydrogen (secondary N) is 1. The third-order valence-corrected chi connectivity index (χ3v) is 5.01. The number of para-hydroxylation sites is 1. The SMILES string of the molecule is CCC1CCNC(C(=O)N2CCCCc3ccccc32)C1. The third-order valence-electron chi connectivity index (χ3n) is 5.01. The summed E-state index contributed by atoms with van der Waals surface area (Å²) in [5.41, 5.74) is 2.46. The van der Waals surface area contributed by atoms with Gasteiger partial charge < -0.3 is 10.2 Å². The zero-order valence-corrected chi connectivity index (χ0v) is 13.0. The molecule has 1 amide bonds. The van der Waals surface area contributed by atoms with Crippen molar-refractivity contribution in [3.8, 4) is 0 Å². The van der Waals surface area contributed by atoms with Gasteiger partial charge in [-0.15, -0.1) is 0 Å². The van der Waals surface area contributed by atoms with Crippen molar-refractivity contribution in [1.29, 1.82) is 0 Å². The second-order valence-corrected chi connectivity index (χ2v) is 6.38. The molecule has 2 heterocycles. The molecule has 1 aromatic carbocycles. The standard InChI is InChI=1S/C18H26N2O/c1-2-14-10-11-19-16(13-14)18(21)20-12-6-5-8-15-7-3-4-9-17(15)20/h3-4,7,9,14,16,19H,2,5-6,8,10-13H2,1H3. The van der Waals surface area contributed by atoms with Gasteiger partial charge in [0.1, 0.15) is 0 Å². The van der Waals surface area contributed by atoms with Crippen LogP contribution in [0.25, 0.3) is 0 Å². The molecule has 1 saturated heterocycles. The van der Waals surface area contributed by atoms with Gasteiger partial charge in [-0.2, -0.15) is 0 Å². The molecule has 2 aliphatic rings. The second kappa shape index (κ2) is 6.61. The fourth-order valence-electron chi connectivity index (χ4n) is 3.66. The van der Waals surface area contributed by atoms with E-state index in [1.807, 2.05) is 11.0 Å². The van der Waals surface area contributed by atoms with Crippen molar-refractivity contribution in [1.82, 2.24) is 5.32 Å². The van der Waals surface area contributed by atoms with Crippen LogP contribution in [0.1, 0.15) is 44.6 Å². The monoisotopic (exact) mass is 286 g/mol. The molecule has 0 saturated carbocycles. The predicted molar refractivity (Wildman–Crippen MR) is 86.5 cm³/mol. The number of fused-ring (bicyclic) bond motifs is 1. The Hall–Kier alpha value is -1.35. The van der Waals surface area contributed by atoms with E-state index < -0.39 is 0 Å². The minimum Gasteiger partial charge on any atom is -0.311 e. The summed E-state index contributed by atoms with van der Waals surface area (Å²) in [6.45, 7) is 4.08. The average Bonchev–Trinajstić information content (AvgIpc) is 2.76. The number of carbonyl (C=O) groups is 1. The van der Waals surface area contributed by atoms with Crippen LogP contribution in [-0.2, 0) is 11.2 Å². The molecule has 0 radical (unpaired) electrons. The summed E-state index contributed by atoms with van der Waals surface area (Å²) >= 11 is 0. The highest BCUT2D eigenvalue weighted by Crippen LogP contribution is 2.28. The van der Waals surface area contributed by atoms with Gasteiger partial charge in [-0.3, -0.25) is 4.79 Å². The third kappa shape index (κ3) is 3.13. The van der Waals surface area contributed by atoms with Crippen LogP contribution in [-0.4, -0.2) is 25.0 Å². The van der Waals surface area contributed by atoms with Gasteiger partial charge in [0.05, 0.1) is 6.04 Å². The molecule has 3 nitrogen and oxygen atoms in total. The van der Waals surface area contributed by atoms with Crippen LogP contribution in [0.3, 0.4) is 0 Å². The number of hydrogen-bond donors (Lipinski definition) is 1. The molecule has 0 bridgehead atoms. The average molecular weight is 286 g/mol. The van der Waals surface area contributed by atoms with Crippen molar-refractivity contribution in [3.05, 3.63) is 29.8 Å². The van der Waals surface area contributed by atoms with Crippen molar-refractivity contribution in [3.63, 3.8) is 0 Å². The number of anilines is 1. The van der Waals surface area contributed by atoms with Gasteiger partial charge in [-0.05, 0) is 56.2 Å². The number of aryl methyl sites for hydroxylation is 1. The first-order chi connectivity index (χ1) is 10.3. The van der Waals surface area contributed by atoms with Gasteiger partial charge in [-0.1, -0.05) is 31.5 Å². The number of nitrogens with zero attached hydrogens (tertiary/aromatic N) is 1. The molecule has 0 spiro atoms. The molecule has 2 aliphatic heterocycles. The van der Waals surface area contributed by atoms with Crippen LogP contribution in [0.2, 0.25) is 0 Å². The van der Waals surface area contributed by atoms with Crippen LogP contribution in [0.4, 0.5) is 5.69 Å². The predicted octanol–water partition coefficient (Wildman–Crippen LogP) is 3.13. The van der Waals surface area contributed by atoms with Crippen LogP contribution < -0.4 is 10.2 Å². The molecule has 3 heteroatoms. The molecule has 1 aromatic rings. The number of hydrogen-bond acceptors (Lipinski definition) is 2. The molecule has 0 aromatic heterocycles. The summed E-state index contributed by atoms with van der Waals surface area (Å²) in [4.78, 5) is 15.0. The molecule has 1 N–H and O–H groups in total. The fourth-order valence-corrected chi connectivity index (χ4v) is 3.66. The number of carbonyl (C=O) groups excluding carboxylic acids is 1. The van der Waals surface area contributed by atoms with Crippen molar-refractivity contribution in [2.24, 2.45) is 5.92 Å². The number of piperidine rings is 1. The molecule has 1 fully saturated rings. The normalized spacial score (nSPS) is 26.0. The van der Waals surface area contributed by atoms with Crippen molar-refractivity contribution in [2.45, 2.75) is 51.5 Å². The molecule has 0 aliphatic carbocycles. The summed E-state index contributed by atoms with van der Waals surface area (Å²) in [6.07, 6.45) is 6.75. The zero-order valence-electron chi connectivity index (χ0n) is 13.0. The number of rotatable bonds is 2. The van der Waals surface area contributed by atoms with E-state index in [4.69, 9.17) is 0 Å². The van der Waals surface area contributed by atoms with E-state index >= 15 is 0 Å². The minimum absolute atomic E-state index is 0.00913. The first-order valence-corrected chi connectivity index (χ1v) is 8.42. The molecule has 21 heavy (non-hydrogen) atoms. The summed E-state index contributed by atoms with van der Waals surface area (Å²) in [7, 11) is 0. The fraction of sp³-hybridized carbons (Fsp3) is 0.611. The summed E-state index contributed by atoms with van der Waals surface area (Å²) in [5.74, 6) is 0.977. The molecule has 114 valence electrons. The quantitative estimate of drug-likeness (QED) is 0.906. The summed E-state index contributed by atoms with van der Waals surface area (Å²) < 4.78 is 0. The van der Waals surface area contributed by atoms with Crippen LogP contribution >= 0.6 is 0 Å². The highest BCUT2D eigenvalue weighted by Gasteiger charge is 2.31. The Labute approximate surface area is 127 Å².